The molecule has 0 saturated heterocycles. The minimum absolute atomic E-state index is 0.199. The van der Waals surface area contributed by atoms with Crippen LogP contribution in [0.3, 0.4) is 0 Å². The van der Waals surface area contributed by atoms with Gasteiger partial charge in [-0.05, 0) is 31.0 Å². The molecule has 1 aromatic carbocycles. The van der Waals surface area contributed by atoms with Crippen LogP contribution in [0.25, 0.3) is 0 Å². The number of hydrogen-bond donors (Lipinski definition) is 1. The number of alkyl halides is 3. The molecule has 0 bridgehead atoms. The molecule has 0 radical (unpaired) electrons. The summed E-state index contributed by atoms with van der Waals surface area (Å²) in [5.74, 6) is 0. The number of nitrogens with zero attached hydrogens (tertiary/aromatic N) is 1. The Kier molecular flexibility index (Phi) is 5.04. The maximum absolute atomic E-state index is 12.5. The molecule has 1 rings (SSSR count). The second-order valence-electron chi connectivity index (χ2n) is 4.47. The lowest BCUT2D eigenvalue weighted by molar-refractivity contribution is -0.136. The van der Waals surface area contributed by atoms with Crippen LogP contribution in [0, 0.1) is 6.92 Å². The van der Waals surface area contributed by atoms with Crippen molar-refractivity contribution in [1.82, 2.24) is 4.31 Å². The van der Waals surface area contributed by atoms with Crippen LogP contribution in [-0.4, -0.2) is 32.0 Å². The standard InChI is InChI=1S/C12H17F3N2O2S/c1-3-6-17(8-12(13,14)15)20(18,19)10-5-4-9(2)11(16)7-10/h4-5,7H,3,6,8,16H2,1-2H3. The first-order valence-corrected chi connectivity index (χ1v) is 7.45. The summed E-state index contributed by atoms with van der Waals surface area (Å²) in [7, 11) is -4.20. The molecular formula is C12H17F3N2O2S. The van der Waals surface area contributed by atoms with Gasteiger partial charge in [-0.2, -0.15) is 17.5 Å². The Hall–Kier alpha value is -1.28. The van der Waals surface area contributed by atoms with Crippen LogP contribution >= 0.6 is 0 Å². The van der Waals surface area contributed by atoms with Gasteiger partial charge in [0.25, 0.3) is 0 Å². The minimum Gasteiger partial charge on any atom is -0.398 e. The molecule has 2 N–H and O–H groups in total. The van der Waals surface area contributed by atoms with Crippen LogP contribution in [-0.2, 0) is 10.0 Å². The number of rotatable bonds is 5. The number of nitrogens with two attached hydrogens (primary N) is 1. The maximum atomic E-state index is 12.5. The monoisotopic (exact) mass is 310 g/mol. The fourth-order valence-corrected chi connectivity index (χ4v) is 3.21. The first kappa shape index (κ1) is 16.8. The van der Waals surface area contributed by atoms with E-state index in [-0.39, 0.29) is 23.5 Å². The van der Waals surface area contributed by atoms with E-state index in [4.69, 9.17) is 5.73 Å². The van der Waals surface area contributed by atoms with Crippen LogP contribution in [0.4, 0.5) is 18.9 Å². The maximum Gasteiger partial charge on any atom is 0.402 e. The van der Waals surface area contributed by atoms with E-state index in [1.165, 1.54) is 18.2 Å². The molecule has 20 heavy (non-hydrogen) atoms. The van der Waals surface area contributed by atoms with Crippen molar-refractivity contribution in [2.24, 2.45) is 0 Å². The van der Waals surface area contributed by atoms with Gasteiger partial charge in [-0.25, -0.2) is 8.42 Å². The van der Waals surface area contributed by atoms with Crippen LogP contribution in [0.2, 0.25) is 0 Å². The van der Waals surface area contributed by atoms with Crippen molar-refractivity contribution in [1.29, 1.82) is 0 Å². The smallest absolute Gasteiger partial charge is 0.398 e. The first-order valence-electron chi connectivity index (χ1n) is 6.01. The van der Waals surface area contributed by atoms with Crippen molar-refractivity contribution in [3.63, 3.8) is 0 Å². The van der Waals surface area contributed by atoms with Crippen molar-refractivity contribution < 1.29 is 21.6 Å². The van der Waals surface area contributed by atoms with Gasteiger partial charge in [-0.1, -0.05) is 13.0 Å². The second-order valence-corrected chi connectivity index (χ2v) is 6.41. The Morgan fingerprint density at radius 3 is 2.35 bits per heavy atom. The number of hydrogen-bond acceptors (Lipinski definition) is 3. The molecule has 8 heteroatoms. The fourth-order valence-electron chi connectivity index (χ4n) is 1.66. The summed E-state index contributed by atoms with van der Waals surface area (Å²) in [5.41, 5.74) is 6.51. The molecule has 0 fully saturated rings. The molecule has 0 heterocycles. The lowest BCUT2D eigenvalue weighted by atomic mass is 10.2. The average molecular weight is 310 g/mol. The van der Waals surface area contributed by atoms with Gasteiger partial charge < -0.3 is 5.73 Å². The van der Waals surface area contributed by atoms with Crippen LogP contribution in [0.1, 0.15) is 18.9 Å². The first-order chi connectivity index (χ1) is 9.08. The molecule has 0 aliphatic rings. The topological polar surface area (TPSA) is 63.4 Å². The third-order valence-electron chi connectivity index (χ3n) is 2.72. The van der Waals surface area contributed by atoms with Crippen LogP contribution in [0.5, 0.6) is 0 Å². The zero-order valence-electron chi connectivity index (χ0n) is 11.2. The van der Waals surface area contributed by atoms with Gasteiger partial charge in [-0.15, -0.1) is 0 Å². The van der Waals surface area contributed by atoms with Gasteiger partial charge in [0.15, 0.2) is 0 Å². The third-order valence-corrected chi connectivity index (χ3v) is 4.56. The van der Waals surface area contributed by atoms with Gasteiger partial charge in [0.2, 0.25) is 10.0 Å². The molecule has 0 aromatic heterocycles. The van der Waals surface area contributed by atoms with E-state index in [0.29, 0.717) is 9.87 Å². The highest BCUT2D eigenvalue weighted by Crippen LogP contribution is 2.25. The second kappa shape index (κ2) is 6.01. The summed E-state index contributed by atoms with van der Waals surface area (Å²) >= 11 is 0. The van der Waals surface area contributed by atoms with E-state index in [1.807, 2.05) is 0 Å². The van der Waals surface area contributed by atoms with E-state index < -0.39 is 22.7 Å². The van der Waals surface area contributed by atoms with Gasteiger partial charge in [0.1, 0.15) is 6.54 Å². The quantitative estimate of drug-likeness (QED) is 0.850. The number of aryl methyl sites for hydroxylation is 1. The van der Waals surface area contributed by atoms with Crippen LogP contribution < -0.4 is 5.73 Å². The summed E-state index contributed by atoms with van der Waals surface area (Å²) in [6.45, 7) is 1.60. The Labute approximate surface area is 116 Å². The molecule has 0 saturated carbocycles. The average Bonchev–Trinajstić information content (AvgIpc) is 2.30. The predicted molar refractivity (Wildman–Crippen MR) is 70.7 cm³/mol. The van der Waals surface area contributed by atoms with Gasteiger partial charge in [0.05, 0.1) is 4.90 Å². The van der Waals surface area contributed by atoms with Crippen molar-refractivity contribution in [3.05, 3.63) is 23.8 Å². The molecule has 0 unspecified atom stereocenters. The van der Waals surface area contributed by atoms with Crippen molar-refractivity contribution in [2.45, 2.75) is 31.3 Å². The van der Waals surface area contributed by atoms with E-state index in [2.05, 4.69) is 0 Å². The Bertz CT molecular complexity index is 571. The Morgan fingerprint density at radius 2 is 1.90 bits per heavy atom. The summed E-state index contributed by atoms with van der Waals surface area (Å²) in [4.78, 5) is -0.224. The van der Waals surface area contributed by atoms with E-state index in [1.54, 1.807) is 13.8 Å². The predicted octanol–water partition coefficient (Wildman–Crippen LogP) is 2.54. The molecule has 114 valence electrons. The van der Waals surface area contributed by atoms with E-state index in [9.17, 15) is 21.6 Å². The molecule has 0 aliphatic heterocycles. The summed E-state index contributed by atoms with van der Waals surface area (Å²) in [6, 6.07) is 3.92. The number of benzene rings is 1. The van der Waals surface area contributed by atoms with E-state index in [0.717, 1.165) is 0 Å². The molecule has 0 aliphatic carbocycles. The number of anilines is 1. The molecule has 0 amide bonds. The highest BCUT2D eigenvalue weighted by molar-refractivity contribution is 7.89. The molecule has 0 atom stereocenters. The lowest BCUT2D eigenvalue weighted by Gasteiger charge is -2.23. The zero-order chi connectivity index (χ0) is 15.6. The molecule has 4 nitrogen and oxygen atoms in total. The zero-order valence-corrected chi connectivity index (χ0v) is 12.1. The largest absolute Gasteiger partial charge is 0.402 e. The number of sulfonamides is 1. The lowest BCUT2D eigenvalue weighted by Crippen LogP contribution is -2.39. The highest BCUT2D eigenvalue weighted by Gasteiger charge is 2.36. The highest BCUT2D eigenvalue weighted by atomic mass is 32.2. The summed E-state index contributed by atoms with van der Waals surface area (Å²) in [6.07, 6.45) is -4.30. The van der Waals surface area contributed by atoms with Crippen molar-refractivity contribution >= 4 is 15.7 Å². The van der Waals surface area contributed by atoms with Crippen molar-refractivity contribution in [2.75, 3.05) is 18.8 Å². The minimum atomic E-state index is -4.58. The number of halogens is 3. The SMILES string of the molecule is CCCN(CC(F)(F)F)S(=O)(=O)c1ccc(C)c(N)c1. The fraction of sp³-hybridized carbons (Fsp3) is 0.500. The van der Waals surface area contributed by atoms with E-state index >= 15 is 0 Å². The molecular weight excluding hydrogens is 293 g/mol. The molecule has 0 spiro atoms. The Morgan fingerprint density at radius 1 is 1.30 bits per heavy atom. The van der Waals surface area contributed by atoms with Gasteiger partial charge in [0, 0.05) is 12.2 Å². The van der Waals surface area contributed by atoms with Gasteiger partial charge in [-0.3, -0.25) is 0 Å². The third kappa shape index (κ3) is 4.11. The normalized spacial score (nSPS) is 12.9. The number of nitrogen functional groups attached to an aromatic ring is 1. The van der Waals surface area contributed by atoms with Gasteiger partial charge >= 0.3 is 6.18 Å². The van der Waals surface area contributed by atoms with Crippen LogP contribution in [0.15, 0.2) is 23.1 Å². The summed E-state index contributed by atoms with van der Waals surface area (Å²) in [5, 5.41) is 0. The van der Waals surface area contributed by atoms with Crippen molar-refractivity contribution in [3.8, 4) is 0 Å². The molecule has 1 aromatic rings. The summed E-state index contributed by atoms with van der Waals surface area (Å²) < 4.78 is 62.4. The Balaban J connectivity index is 3.18.